The molecule has 0 aromatic carbocycles. The van der Waals surface area contributed by atoms with Crippen molar-refractivity contribution in [3.8, 4) is 0 Å². The van der Waals surface area contributed by atoms with Crippen molar-refractivity contribution in [3.05, 3.63) is 18.5 Å². The molecule has 2 aliphatic heterocycles. The van der Waals surface area contributed by atoms with Gasteiger partial charge in [0.25, 0.3) is 0 Å². The zero-order chi connectivity index (χ0) is 13.1. The summed E-state index contributed by atoms with van der Waals surface area (Å²) in [6.07, 6.45) is 6.98. The van der Waals surface area contributed by atoms with Gasteiger partial charge in [-0.1, -0.05) is 0 Å². The van der Waals surface area contributed by atoms with E-state index < -0.39 is 0 Å². The lowest BCUT2D eigenvalue weighted by molar-refractivity contribution is -0.0191. The molecule has 1 aromatic rings. The molecule has 5 nitrogen and oxygen atoms in total. The third-order valence-corrected chi connectivity index (χ3v) is 4.09. The van der Waals surface area contributed by atoms with Crippen LogP contribution < -0.4 is 4.90 Å². The summed E-state index contributed by atoms with van der Waals surface area (Å²) in [7, 11) is 0. The molecule has 2 fully saturated rings. The van der Waals surface area contributed by atoms with E-state index in [1.54, 1.807) is 12.4 Å². The molecule has 104 valence electrons. The van der Waals surface area contributed by atoms with E-state index >= 15 is 0 Å². The van der Waals surface area contributed by atoms with Gasteiger partial charge < -0.3 is 14.4 Å². The average molecular weight is 263 g/mol. The average Bonchev–Trinajstić information content (AvgIpc) is 2.84. The van der Waals surface area contributed by atoms with Crippen LogP contribution in [0.25, 0.3) is 0 Å². The number of piperidine rings is 1. The fourth-order valence-electron chi connectivity index (χ4n) is 3.06. The predicted octanol–water partition coefficient (Wildman–Crippen LogP) is 1.64. The Balaban J connectivity index is 1.58. The summed E-state index contributed by atoms with van der Waals surface area (Å²) in [5, 5.41) is 0. The van der Waals surface area contributed by atoms with Crippen LogP contribution >= 0.6 is 0 Å². The van der Waals surface area contributed by atoms with E-state index in [9.17, 15) is 0 Å². The Labute approximate surface area is 113 Å². The van der Waals surface area contributed by atoms with E-state index in [1.807, 2.05) is 13.0 Å². The minimum Gasteiger partial charge on any atom is -0.376 e. The molecule has 0 saturated carbocycles. The van der Waals surface area contributed by atoms with E-state index in [0.717, 1.165) is 51.5 Å². The molecule has 1 atom stereocenters. The quantitative estimate of drug-likeness (QED) is 0.829. The summed E-state index contributed by atoms with van der Waals surface area (Å²) >= 11 is 0. The monoisotopic (exact) mass is 263 g/mol. The normalized spacial score (nSPS) is 25.9. The van der Waals surface area contributed by atoms with Gasteiger partial charge in [-0.15, -0.1) is 0 Å². The molecule has 19 heavy (non-hydrogen) atoms. The van der Waals surface area contributed by atoms with Gasteiger partial charge in [-0.3, -0.25) is 0 Å². The number of aromatic nitrogens is 2. The number of rotatable bonds is 3. The minimum absolute atomic E-state index is 0.0329. The molecular weight excluding hydrogens is 242 g/mol. The highest BCUT2D eigenvalue weighted by molar-refractivity contribution is 5.29. The molecule has 0 amide bonds. The Morgan fingerprint density at radius 1 is 1.37 bits per heavy atom. The van der Waals surface area contributed by atoms with Gasteiger partial charge in [0.2, 0.25) is 5.95 Å². The molecule has 1 aromatic heterocycles. The summed E-state index contributed by atoms with van der Waals surface area (Å²) in [6.45, 7) is 5.48. The molecule has 0 bridgehead atoms. The molecule has 0 radical (unpaired) electrons. The van der Waals surface area contributed by atoms with Gasteiger partial charge >= 0.3 is 0 Å². The van der Waals surface area contributed by atoms with Crippen LogP contribution in [-0.4, -0.2) is 48.0 Å². The van der Waals surface area contributed by atoms with Crippen LogP contribution in [0.4, 0.5) is 5.95 Å². The summed E-state index contributed by atoms with van der Waals surface area (Å²) in [5.74, 6) is 0.830. The third-order valence-electron chi connectivity index (χ3n) is 4.09. The number of hydrogen-bond donors (Lipinski definition) is 0. The van der Waals surface area contributed by atoms with Gasteiger partial charge in [0.15, 0.2) is 0 Å². The Hall–Kier alpha value is -1.20. The van der Waals surface area contributed by atoms with Crippen molar-refractivity contribution in [3.63, 3.8) is 0 Å². The first-order valence-corrected chi connectivity index (χ1v) is 7.09. The van der Waals surface area contributed by atoms with E-state index in [0.29, 0.717) is 0 Å². The first kappa shape index (κ1) is 12.8. The summed E-state index contributed by atoms with van der Waals surface area (Å²) in [4.78, 5) is 10.9. The standard InChI is InChI=1S/C14H21N3O2/c1-2-18-12-10-14(19-11-12)4-8-17(9-5-14)13-15-6-3-7-16-13/h3,6-7,12H,2,4-5,8-11H2,1H3/t12-/m0/s1. The molecule has 0 unspecified atom stereocenters. The lowest BCUT2D eigenvalue weighted by atomic mass is 9.88. The SMILES string of the molecule is CCO[C@@H]1COC2(CCN(c3ncccn3)CC2)C1. The molecule has 3 rings (SSSR count). The molecule has 5 heteroatoms. The second-order valence-electron chi connectivity index (χ2n) is 5.31. The maximum atomic E-state index is 6.04. The smallest absolute Gasteiger partial charge is 0.225 e. The second-order valence-corrected chi connectivity index (χ2v) is 5.31. The number of anilines is 1. The van der Waals surface area contributed by atoms with Crippen LogP contribution in [0.1, 0.15) is 26.2 Å². The topological polar surface area (TPSA) is 47.5 Å². The van der Waals surface area contributed by atoms with Crippen LogP contribution in [0.2, 0.25) is 0 Å². The van der Waals surface area contributed by atoms with Gasteiger partial charge in [-0.25, -0.2) is 9.97 Å². The summed E-state index contributed by atoms with van der Waals surface area (Å²) in [5.41, 5.74) is 0.0329. The van der Waals surface area contributed by atoms with Gasteiger partial charge in [-0.2, -0.15) is 0 Å². The van der Waals surface area contributed by atoms with E-state index in [-0.39, 0.29) is 11.7 Å². The maximum absolute atomic E-state index is 6.04. The molecule has 1 spiro atoms. The fraction of sp³-hybridized carbons (Fsp3) is 0.714. The largest absolute Gasteiger partial charge is 0.376 e. The van der Waals surface area contributed by atoms with Crippen molar-refractivity contribution < 1.29 is 9.47 Å². The van der Waals surface area contributed by atoms with Gasteiger partial charge in [0.1, 0.15) is 0 Å². The van der Waals surface area contributed by atoms with Crippen LogP contribution in [0.15, 0.2) is 18.5 Å². The molecular formula is C14H21N3O2. The van der Waals surface area contributed by atoms with Crippen molar-refractivity contribution in [2.75, 3.05) is 31.2 Å². The molecule has 2 aliphatic rings. The van der Waals surface area contributed by atoms with Crippen molar-refractivity contribution in [1.82, 2.24) is 9.97 Å². The summed E-state index contributed by atoms with van der Waals surface area (Å²) in [6, 6.07) is 1.85. The fourth-order valence-corrected chi connectivity index (χ4v) is 3.06. The Morgan fingerprint density at radius 3 is 2.79 bits per heavy atom. The first-order valence-electron chi connectivity index (χ1n) is 7.09. The van der Waals surface area contributed by atoms with Crippen molar-refractivity contribution in [1.29, 1.82) is 0 Å². The highest BCUT2D eigenvalue weighted by Gasteiger charge is 2.43. The number of hydrogen-bond acceptors (Lipinski definition) is 5. The summed E-state index contributed by atoms with van der Waals surface area (Å²) < 4.78 is 11.7. The van der Waals surface area contributed by atoms with Crippen LogP contribution in [-0.2, 0) is 9.47 Å². The Kier molecular flexibility index (Phi) is 3.66. The highest BCUT2D eigenvalue weighted by Crippen LogP contribution is 2.37. The minimum atomic E-state index is 0.0329. The van der Waals surface area contributed by atoms with E-state index in [1.165, 1.54) is 0 Å². The maximum Gasteiger partial charge on any atom is 0.225 e. The van der Waals surface area contributed by atoms with Crippen LogP contribution in [0.5, 0.6) is 0 Å². The second kappa shape index (κ2) is 5.43. The zero-order valence-electron chi connectivity index (χ0n) is 11.4. The van der Waals surface area contributed by atoms with Crippen LogP contribution in [0, 0.1) is 0 Å². The molecule has 0 N–H and O–H groups in total. The van der Waals surface area contributed by atoms with E-state index in [4.69, 9.17) is 9.47 Å². The van der Waals surface area contributed by atoms with Crippen molar-refractivity contribution >= 4 is 5.95 Å². The van der Waals surface area contributed by atoms with Crippen LogP contribution in [0.3, 0.4) is 0 Å². The van der Waals surface area contributed by atoms with Crippen molar-refractivity contribution in [2.24, 2.45) is 0 Å². The van der Waals surface area contributed by atoms with Gasteiger partial charge in [0, 0.05) is 38.5 Å². The highest BCUT2D eigenvalue weighted by atomic mass is 16.6. The lowest BCUT2D eigenvalue weighted by Crippen LogP contribution is -2.45. The first-order chi connectivity index (χ1) is 9.31. The van der Waals surface area contributed by atoms with Gasteiger partial charge in [-0.05, 0) is 25.8 Å². The van der Waals surface area contributed by atoms with Gasteiger partial charge in [0.05, 0.1) is 18.3 Å². The number of nitrogens with zero attached hydrogens (tertiary/aromatic N) is 3. The number of ether oxygens (including phenoxy) is 2. The van der Waals surface area contributed by atoms with Crippen molar-refractivity contribution in [2.45, 2.75) is 37.9 Å². The molecule has 0 aliphatic carbocycles. The Morgan fingerprint density at radius 2 is 2.11 bits per heavy atom. The predicted molar refractivity (Wildman–Crippen MR) is 72.2 cm³/mol. The van der Waals surface area contributed by atoms with E-state index in [2.05, 4.69) is 14.9 Å². The molecule has 2 saturated heterocycles. The lowest BCUT2D eigenvalue weighted by Gasteiger charge is -2.38. The zero-order valence-corrected chi connectivity index (χ0v) is 11.4. The Bertz CT molecular complexity index is 404. The third kappa shape index (κ3) is 2.72. The molecule has 3 heterocycles.